The molecule has 0 aliphatic rings. The van der Waals surface area contributed by atoms with Crippen molar-refractivity contribution < 1.29 is 8.94 Å². The molecular weight excluding hydrogens is 220 g/mol. The first-order valence-electron chi connectivity index (χ1n) is 5.36. The fourth-order valence-corrected chi connectivity index (χ4v) is 1.54. The number of nitrogens with two attached hydrogens (primary N) is 1. The molecule has 92 valence electrons. The van der Waals surface area contributed by atoms with E-state index in [1.165, 1.54) is 0 Å². The van der Waals surface area contributed by atoms with E-state index in [9.17, 15) is 0 Å². The zero-order chi connectivity index (χ0) is 12.4. The van der Waals surface area contributed by atoms with Crippen LogP contribution >= 0.6 is 0 Å². The number of nitrogens with zero attached hydrogens (tertiary/aromatic N) is 3. The fraction of sp³-hybridized carbons (Fsp3) is 0.455. The molecule has 0 aliphatic carbocycles. The molecule has 0 amide bonds. The quantitative estimate of drug-likeness (QED) is 0.859. The van der Waals surface area contributed by atoms with Crippen molar-refractivity contribution in [1.82, 2.24) is 15.0 Å². The number of hydrogen-bond acceptors (Lipinski definition) is 6. The molecule has 2 aromatic rings. The van der Waals surface area contributed by atoms with Crippen LogP contribution in [0.15, 0.2) is 21.3 Å². The summed E-state index contributed by atoms with van der Waals surface area (Å²) in [6.45, 7) is 2.58. The van der Waals surface area contributed by atoms with Gasteiger partial charge in [0.1, 0.15) is 0 Å². The minimum atomic E-state index is -0.266. The van der Waals surface area contributed by atoms with E-state index < -0.39 is 0 Å². The smallest absolute Gasteiger partial charge is 0.293 e. The third-order valence-corrected chi connectivity index (χ3v) is 2.39. The molecule has 2 aromatic heterocycles. The summed E-state index contributed by atoms with van der Waals surface area (Å²) in [5.41, 5.74) is 6.90. The van der Waals surface area contributed by atoms with Crippen molar-refractivity contribution in [3.05, 3.63) is 23.7 Å². The molecule has 0 aromatic carbocycles. The number of furan rings is 1. The van der Waals surface area contributed by atoms with Crippen molar-refractivity contribution in [2.24, 2.45) is 5.73 Å². The second-order valence-corrected chi connectivity index (χ2v) is 4.26. The second-order valence-electron chi connectivity index (χ2n) is 4.26. The first kappa shape index (κ1) is 11.8. The molecule has 6 nitrogen and oxygen atoms in total. The van der Waals surface area contributed by atoms with Gasteiger partial charge in [0.15, 0.2) is 11.6 Å². The van der Waals surface area contributed by atoms with Gasteiger partial charge in [-0.2, -0.15) is 4.98 Å². The van der Waals surface area contributed by atoms with Gasteiger partial charge in [-0.1, -0.05) is 5.16 Å². The Morgan fingerprint density at radius 3 is 2.82 bits per heavy atom. The summed E-state index contributed by atoms with van der Waals surface area (Å²) in [5, 5.41) is 3.87. The molecule has 0 saturated heterocycles. The Hall–Kier alpha value is -1.66. The lowest BCUT2D eigenvalue weighted by Crippen LogP contribution is -2.26. The van der Waals surface area contributed by atoms with E-state index in [1.54, 1.807) is 6.26 Å². The van der Waals surface area contributed by atoms with E-state index in [0.717, 1.165) is 5.56 Å². The minimum Gasteiger partial charge on any atom is -0.459 e. The van der Waals surface area contributed by atoms with Crippen LogP contribution in [0.25, 0.3) is 11.7 Å². The van der Waals surface area contributed by atoms with E-state index >= 15 is 0 Å². The lowest BCUT2D eigenvalue weighted by Gasteiger charge is -2.12. The summed E-state index contributed by atoms with van der Waals surface area (Å²) in [6.07, 6.45) is 1.59. The summed E-state index contributed by atoms with van der Waals surface area (Å²) in [6, 6.07) is 1.58. The third-order valence-electron chi connectivity index (χ3n) is 2.39. The zero-order valence-corrected chi connectivity index (χ0v) is 10.2. The zero-order valence-electron chi connectivity index (χ0n) is 10.2. The molecule has 0 fully saturated rings. The Morgan fingerprint density at radius 2 is 2.24 bits per heavy atom. The van der Waals surface area contributed by atoms with Crippen molar-refractivity contribution in [2.45, 2.75) is 13.0 Å². The maximum absolute atomic E-state index is 5.94. The van der Waals surface area contributed by atoms with Gasteiger partial charge in [-0.25, -0.2) is 0 Å². The Labute approximate surface area is 99.4 Å². The molecule has 6 heteroatoms. The van der Waals surface area contributed by atoms with Crippen LogP contribution in [0.4, 0.5) is 0 Å². The maximum Gasteiger partial charge on any atom is 0.293 e. The number of rotatable bonds is 4. The highest BCUT2D eigenvalue weighted by atomic mass is 16.5. The summed E-state index contributed by atoms with van der Waals surface area (Å²) in [4.78, 5) is 6.21. The van der Waals surface area contributed by atoms with Crippen LogP contribution in [-0.2, 0) is 0 Å². The van der Waals surface area contributed by atoms with Gasteiger partial charge in [0, 0.05) is 12.1 Å². The van der Waals surface area contributed by atoms with Gasteiger partial charge in [-0.3, -0.25) is 0 Å². The summed E-state index contributed by atoms with van der Waals surface area (Å²) < 4.78 is 10.4. The third kappa shape index (κ3) is 2.54. The SMILES string of the molecule is Cc1ccoc1-c1nc(C(N)CN(C)C)no1. The standard InChI is InChI=1S/C11H16N4O2/c1-7-4-5-16-9(7)11-13-10(14-17-11)8(12)6-15(2)3/h4-5,8H,6,12H2,1-3H3. The molecule has 2 heterocycles. The summed E-state index contributed by atoms with van der Waals surface area (Å²) in [5.74, 6) is 1.46. The Bertz CT molecular complexity index is 489. The normalized spacial score (nSPS) is 13.2. The maximum atomic E-state index is 5.94. The average molecular weight is 236 g/mol. The van der Waals surface area contributed by atoms with Crippen molar-refractivity contribution in [1.29, 1.82) is 0 Å². The van der Waals surface area contributed by atoms with Crippen LogP contribution in [0.1, 0.15) is 17.4 Å². The van der Waals surface area contributed by atoms with Crippen molar-refractivity contribution in [3.63, 3.8) is 0 Å². The van der Waals surface area contributed by atoms with Gasteiger partial charge < -0.3 is 19.6 Å². The van der Waals surface area contributed by atoms with E-state index in [1.807, 2.05) is 32.0 Å². The summed E-state index contributed by atoms with van der Waals surface area (Å²) >= 11 is 0. The molecule has 1 unspecified atom stereocenters. The minimum absolute atomic E-state index is 0.266. The Kier molecular flexibility index (Phi) is 3.26. The predicted molar refractivity (Wildman–Crippen MR) is 62.2 cm³/mol. The highest BCUT2D eigenvalue weighted by Gasteiger charge is 2.18. The van der Waals surface area contributed by atoms with Gasteiger partial charge in [-0.15, -0.1) is 0 Å². The fourth-order valence-electron chi connectivity index (χ4n) is 1.54. The lowest BCUT2D eigenvalue weighted by molar-refractivity contribution is 0.355. The molecule has 0 spiro atoms. The van der Waals surface area contributed by atoms with Crippen molar-refractivity contribution >= 4 is 0 Å². The first-order chi connectivity index (χ1) is 8.08. The van der Waals surface area contributed by atoms with Gasteiger partial charge in [0.25, 0.3) is 5.89 Å². The highest BCUT2D eigenvalue weighted by molar-refractivity contribution is 5.49. The lowest BCUT2D eigenvalue weighted by atomic mass is 10.2. The Morgan fingerprint density at radius 1 is 1.47 bits per heavy atom. The van der Waals surface area contributed by atoms with Crippen LogP contribution in [0.5, 0.6) is 0 Å². The highest BCUT2D eigenvalue weighted by Crippen LogP contribution is 2.23. The number of aromatic nitrogens is 2. The van der Waals surface area contributed by atoms with Gasteiger partial charge >= 0.3 is 0 Å². The van der Waals surface area contributed by atoms with Crippen LogP contribution in [0.3, 0.4) is 0 Å². The molecule has 0 aliphatic heterocycles. The van der Waals surface area contributed by atoms with Gasteiger partial charge in [0.05, 0.1) is 12.3 Å². The van der Waals surface area contributed by atoms with Gasteiger partial charge in [-0.05, 0) is 27.1 Å². The number of likely N-dealkylation sites (N-methyl/N-ethyl adjacent to an activating group) is 1. The molecule has 2 N–H and O–H groups in total. The van der Waals surface area contributed by atoms with Crippen LogP contribution < -0.4 is 5.73 Å². The average Bonchev–Trinajstić information content (AvgIpc) is 2.84. The number of hydrogen-bond donors (Lipinski definition) is 1. The topological polar surface area (TPSA) is 81.3 Å². The second kappa shape index (κ2) is 4.68. The molecule has 0 bridgehead atoms. The molecule has 0 saturated carbocycles. The van der Waals surface area contributed by atoms with Crippen molar-refractivity contribution in [2.75, 3.05) is 20.6 Å². The molecule has 17 heavy (non-hydrogen) atoms. The molecular formula is C11H16N4O2. The number of aryl methyl sites for hydroxylation is 1. The van der Waals surface area contributed by atoms with Crippen molar-refractivity contribution in [3.8, 4) is 11.7 Å². The van der Waals surface area contributed by atoms with E-state index in [2.05, 4.69) is 10.1 Å². The monoisotopic (exact) mass is 236 g/mol. The Balaban J connectivity index is 2.19. The van der Waals surface area contributed by atoms with Crippen LogP contribution in [0.2, 0.25) is 0 Å². The first-order valence-corrected chi connectivity index (χ1v) is 5.36. The van der Waals surface area contributed by atoms with E-state index in [4.69, 9.17) is 14.7 Å². The molecule has 2 rings (SSSR count). The molecule has 0 radical (unpaired) electrons. The summed E-state index contributed by atoms with van der Waals surface area (Å²) in [7, 11) is 3.88. The predicted octanol–water partition coefficient (Wildman–Crippen LogP) is 1.20. The van der Waals surface area contributed by atoms with Gasteiger partial charge in [0.2, 0.25) is 0 Å². The van der Waals surface area contributed by atoms with Crippen LogP contribution in [-0.4, -0.2) is 35.7 Å². The van der Waals surface area contributed by atoms with Crippen LogP contribution in [0, 0.1) is 6.92 Å². The van der Waals surface area contributed by atoms with E-state index in [0.29, 0.717) is 24.0 Å². The van der Waals surface area contributed by atoms with E-state index in [-0.39, 0.29) is 6.04 Å². The largest absolute Gasteiger partial charge is 0.459 e. The molecule has 1 atom stereocenters.